The summed E-state index contributed by atoms with van der Waals surface area (Å²) in [6.45, 7) is 4.32. The van der Waals surface area contributed by atoms with Crippen molar-refractivity contribution in [2.24, 2.45) is 11.8 Å². The maximum atomic E-state index is 14.4. The van der Waals surface area contributed by atoms with Crippen LogP contribution in [-0.4, -0.2) is 88.6 Å². The highest BCUT2D eigenvalue weighted by Gasteiger charge is 2.74. The second-order valence-corrected chi connectivity index (χ2v) is 11.6. The number of benzene rings is 1. The van der Waals surface area contributed by atoms with Gasteiger partial charge in [0.25, 0.3) is 0 Å². The van der Waals surface area contributed by atoms with Gasteiger partial charge in [0, 0.05) is 19.5 Å². The highest BCUT2D eigenvalue weighted by Crippen LogP contribution is 2.56. The molecule has 4 aliphatic rings. The number of nitrogens with one attached hydrogen (secondary N) is 1. The third-order valence-corrected chi connectivity index (χ3v) is 8.85. The fourth-order valence-corrected chi connectivity index (χ4v) is 6.68. The van der Waals surface area contributed by atoms with Crippen LogP contribution in [-0.2, 0) is 28.7 Å². The van der Waals surface area contributed by atoms with E-state index >= 15 is 0 Å². The van der Waals surface area contributed by atoms with Crippen molar-refractivity contribution in [3.05, 3.63) is 60.2 Å². The third kappa shape index (κ3) is 5.49. The van der Waals surface area contributed by atoms with Crippen LogP contribution in [0.25, 0.3) is 0 Å². The number of unbranched alkanes of at least 4 members (excludes halogenated alkanes) is 2. The molecule has 7 atom stereocenters. The second-order valence-electron chi connectivity index (χ2n) is 11.6. The first-order valence-corrected chi connectivity index (χ1v) is 15.1. The molecule has 2 fully saturated rings. The summed E-state index contributed by atoms with van der Waals surface area (Å²) < 4.78 is 12.5. The summed E-state index contributed by atoms with van der Waals surface area (Å²) in [6, 6.07) is 7.45. The van der Waals surface area contributed by atoms with E-state index in [4.69, 9.17) is 9.47 Å². The van der Waals surface area contributed by atoms with Gasteiger partial charge in [0.05, 0.1) is 31.2 Å². The lowest BCUT2D eigenvalue weighted by molar-refractivity contribution is -0.160. The molecule has 3 amide bonds. The van der Waals surface area contributed by atoms with Crippen LogP contribution in [0, 0.1) is 11.8 Å². The maximum Gasteiger partial charge on any atom is 0.313 e. The molecule has 4 aliphatic heterocycles. The number of esters is 1. The fourth-order valence-electron chi connectivity index (χ4n) is 6.68. The standard InChI is InChI=1S/C32H41N3O7/c1-3-4-10-17-34-18-11-6-9-14-25(37)33-19-24(22-12-7-5-8-13-22)41-31(40)26-23-15-16-32(42-23)27(26)29(38)35(21(2)20-36)28(32)30(34)39/h5-8,11-13,15-16,21,23-24,26-28,36H,3-4,9-10,14,17-20H2,1-2H3,(H,33,37)/b11-6-/t21-,23-,24-,26+,27+,28-,32+/m1/s1. The molecule has 0 unspecified atom stereocenters. The lowest BCUT2D eigenvalue weighted by Crippen LogP contribution is -2.58. The van der Waals surface area contributed by atoms with Crippen molar-refractivity contribution in [1.29, 1.82) is 0 Å². The molecule has 1 spiro atoms. The molecule has 2 saturated heterocycles. The quantitative estimate of drug-likeness (QED) is 0.289. The Kier molecular flexibility index (Phi) is 9.13. The topological polar surface area (TPSA) is 125 Å². The first kappa shape index (κ1) is 30.0. The Hall–Kier alpha value is -3.50. The van der Waals surface area contributed by atoms with Crippen LogP contribution in [0.1, 0.15) is 57.6 Å². The first-order chi connectivity index (χ1) is 20.3. The normalized spacial score (nSPS) is 33.0. The molecule has 1 aromatic rings. The highest BCUT2D eigenvalue weighted by molar-refractivity contribution is 5.99. The Morgan fingerprint density at radius 3 is 2.62 bits per heavy atom. The number of amides is 3. The second kappa shape index (κ2) is 12.8. The predicted molar refractivity (Wildman–Crippen MR) is 154 cm³/mol. The molecule has 10 heteroatoms. The Bertz CT molecular complexity index is 1230. The van der Waals surface area contributed by atoms with Crippen molar-refractivity contribution < 1.29 is 33.8 Å². The Morgan fingerprint density at radius 1 is 1.10 bits per heavy atom. The largest absolute Gasteiger partial charge is 0.455 e. The summed E-state index contributed by atoms with van der Waals surface area (Å²) in [4.78, 5) is 58.2. The zero-order valence-electron chi connectivity index (χ0n) is 24.3. The van der Waals surface area contributed by atoms with Crippen molar-refractivity contribution in [1.82, 2.24) is 15.1 Å². The summed E-state index contributed by atoms with van der Waals surface area (Å²) >= 11 is 0. The zero-order valence-corrected chi connectivity index (χ0v) is 24.3. The van der Waals surface area contributed by atoms with E-state index in [1.807, 2.05) is 42.5 Å². The first-order valence-electron chi connectivity index (χ1n) is 15.1. The van der Waals surface area contributed by atoms with Crippen LogP contribution in [0.4, 0.5) is 0 Å². The van der Waals surface area contributed by atoms with E-state index in [0.29, 0.717) is 25.1 Å². The average Bonchev–Trinajstić information content (AvgIpc) is 3.64. The molecule has 0 saturated carbocycles. The fraction of sp³-hybridized carbons (Fsp3) is 0.562. The number of aliphatic hydroxyl groups excluding tert-OH is 1. The van der Waals surface area contributed by atoms with E-state index in [-0.39, 0.29) is 31.4 Å². The average molecular weight is 580 g/mol. The van der Waals surface area contributed by atoms with Crippen LogP contribution in [0.2, 0.25) is 0 Å². The van der Waals surface area contributed by atoms with Gasteiger partial charge >= 0.3 is 5.97 Å². The van der Waals surface area contributed by atoms with E-state index < -0.39 is 53.6 Å². The number of fused-ring (bicyclic) bond motifs is 2. The number of hydrogen-bond acceptors (Lipinski definition) is 7. The van der Waals surface area contributed by atoms with Crippen molar-refractivity contribution in [3.8, 4) is 0 Å². The number of ether oxygens (including phenoxy) is 2. The lowest BCUT2D eigenvalue weighted by Gasteiger charge is -2.37. The van der Waals surface area contributed by atoms with Gasteiger partial charge < -0.3 is 29.7 Å². The van der Waals surface area contributed by atoms with E-state index in [9.17, 15) is 24.3 Å². The number of allylic oxidation sites excluding steroid dienone is 1. The van der Waals surface area contributed by atoms with E-state index in [0.717, 1.165) is 19.3 Å². The van der Waals surface area contributed by atoms with Crippen LogP contribution >= 0.6 is 0 Å². The molecule has 1 aromatic carbocycles. The van der Waals surface area contributed by atoms with Gasteiger partial charge in [0.1, 0.15) is 23.7 Å². The van der Waals surface area contributed by atoms with Crippen molar-refractivity contribution in [2.45, 2.75) is 75.8 Å². The molecular formula is C32H41N3O7. The molecule has 2 N–H and O–H groups in total. The van der Waals surface area contributed by atoms with Crippen LogP contribution < -0.4 is 5.32 Å². The van der Waals surface area contributed by atoms with Gasteiger partial charge in [-0.2, -0.15) is 0 Å². The monoisotopic (exact) mass is 579 g/mol. The van der Waals surface area contributed by atoms with Gasteiger partial charge in [-0.3, -0.25) is 19.2 Å². The molecule has 226 valence electrons. The highest BCUT2D eigenvalue weighted by atomic mass is 16.6. The van der Waals surface area contributed by atoms with E-state index in [1.165, 1.54) is 4.90 Å². The van der Waals surface area contributed by atoms with Crippen molar-refractivity contribution in [3.63, 3.8) is 0 Å². The number of likely N-dealkylation sites (tertiary alicyclic amines) is 1. The van der Waals surface area contributed by atoms with Crippen LogP contribution in [0.15, 0.2) is 54.6 Å². The minimum Gasteiger partial charge on any atom is -0.455 e. The molecule has 4 heterocycles. The van der Waals surface area contributed by atoms with Crippen LogP contribution in [0.3, 0.4) is 0 Å². The number of cyclic esters (lactones) is 1. The molecule has 10 nitrogen and oxygen atoms in total. The SMILES string of the molecule is CCCCCN1C/C=C\CCC(=O)NC[C@H](c2ccccc2)OC(=O)[C@@H]2[C@H]3C(=O)N([C@H](C)CO)[C@H](C1=O)[C@]31C=C[C@H]2O1. The molecule has 0 aromatic heterocycles. The third-order valence-electron chi connectivity index (χ3n) is 8.85. The Balaban J connectivity index is 1.54. The maximum absolute atomic E-state index is 14.4. The number of hydrogen-bond donors (Lipinski definition) is 2. The van der Waals surface area contributed by atoms with E-state index in [2.05, 4.69) is 12.2 Å². The summed E-state index contributed by atoms with van der Waals surface area (Å²) in [6.07, 6.45) is 9.22. The molecule has 0 radical (unpaired) electrons. The summed E-state index contributed by atoms with van der Waals surface area (Å²) in [5.74, 6) is -3.43. The van der Waals surface area contributed by atoms with Gasteiger partial charge in [-0.25, -0.2) is 0 Å². The van der Waals surface area contributed by atoms with Gasteiger partial charge in [0.2, 0.25) is 17.7 Å². The summed E-state index contributed by atoms with van der Waals surface area (Å²) in [5, 5.41) is 13.0. The predicted octanol–water partition coefficient (Wildman–Crippen LogP) is 2.29. The number of aliphatic hydroxyl groups is 1. The minimum absolute atomic E-state index is 0.0795. The molecule has 5 rings (SSSR count). The summed E-state index contributed by atoms with van der Waals surface area (Å²) in [7, 11) is 0. The van der Waals surface area contributed by atoms with Gasteiger partial charge in [-0.1, -0.05) is 74.4 Å². The van der Waals surface area contributed by atoms with E-state index in [1.54, 1.807) is 24.0 Å². The summed E-state index contributed by atoms with van der Waals surface area (Å²) in [5.41, 5.74) is -0.634. The van der Waals surface area contributed by atoms with Crippen LogP contribution in [0.5, 0.6) is 0 Å². The number of nitrogens with zero attached hydrogens (tertiary/aromatic N) is 2. The molecular weight excluding hydrogens is 538 g/mol. The van der Waals surface area contributed by atoms with Crippen molar-refractivity contribution in [2.75, 3.05) is 26.2 Å². The lowest BCUT2D eigenvalue weighted by atomic mass is 9.74. The smallest absolute Gasteiger partial charge is 0.313 e. The zero-order chi connectivity index (χ0) is 29.9. The minimum atomic E-state index is -1.34. The molecule has 5 bridgehead atoms. The van der Waals surface area contributed by atoms with Crippen molar-refractivity contribution >= 4 is 23.7 Å². The number of carbonyl (C=O) groups is 4. The molecule has 0 aliphatic carbocycles. The van der Waals surface area contributed by atoms with Gasteiger partial charge in [-0.05, 0) is 25.3 Å². The molecule has 42 heavy (non-hydrogen) atoms. The Morgan fingerprint density at radius 2 is 1.88 bits per heavy atom. The number of rotatable bonds is 7. The van der Waals surface area contributed by atoms with Gasteiger partial charge in [0.15, 0.2) is 0 Å². The Labute approximate surface area is 246 Å². The number of carbonyl (C=O) groups excluding carboxylic acids is 4. The van der Waals surface area contributed by atoms with Gasteiger partial charge in [-0.15, -0.1) is 0 Å².